The monoisotopic (exact) mass is 315 g/mol. The number of carbonyl (C=O) groups excluding carboxylic acids is 1. The summed E-state index contributed by atoms with van der Waals surface area (Å²) in [5, 5.41) is 2.05. The van der Waals surface area contributed by atoms with Crippen LogP contribution in [0.1, 0.15) is 0 Å². The summed E-state index contributed by atoms with van der Waals surface area (Å²) in [6, 6.07) is 1.86. The zero-order chi connectivity index (χ0) is 13.1. The minimum atomic E-state index is -4.51. The van der Waals surface area contributed by atoms with Crippen LogP contribution in [0, 0.1) is 5.82 Å². The third kappa shape index (κ3) is 4.22. The number of halogens is 5. The Hall–Kier alpha value is -1.31. The molecule has 0 bridgehead atoms. The van der Waals surface area contributed by atoms with Crippen molar-refractivity contribution in [1.29, 1.82) is 0 Å². The van der Waals surface area contributed by atoms with Gasteiger partial charge in [-0.05, 0) is 22.0 Å². The average molecular weight is 316 g/mol. The molecule has 17 heavy (non-hydrogen) atoms. The van der Waals surface area contributed by atoms with Gasteiger partial charge in [-0.15, -0.1) is 0 Å². The fraction of sp³-hybridized carbons (Fsp3) is 0.222. The maximum absolute atomic E-state index is 13.1. The van der Waals surface area contributed by atoms with Crippen LogP contribution in [0.4, 0.5) is 23.2 Å². The number of hydrogen-bond acceptors (Lipinski definition) is 2. The average Bonchev–Trinajstić information content (AvgIpc) is 2.20. The lowest BCUT2D eigenvalue weighted by Crippen LogP contribution is -2.19. The molecule has 8 heteroatoms. The Kier molecular flexibility index (Phi) is 4.33. The van der Waals surface area contributed by atoms with Gasteiger partial charge < -0.3 is 10.1 Å². The highest BCUT2D eigenvalue weighted by Crippen LogP contribution is 2.31. The number of nitrogens with one attached hydrogen (secondary N) is 1. The van der Waals surface area contributed by atoms with E-state index in [4.69, 9.17) is 0 Å². The van der Waals surface area contributed by atoms with Crippen molar-refractivity contribution in [3.8, 4) is 5.75 Å². The van der Waals surface area contributed by atoms with Gasteiger partial charge in [0.25, 0.3) is 0 Å². The normalized spacial score (nSPS) is 11.1. The van der Waals surface area contributed by atoms with Crippen LogP contribution >= 0.6 is 15.9 Å². The Balaban J connectivity index is 2.95. The van der Waals surface area contributed by atoms with Crippen LogP contribution in [0.25, 0.3) is 0 Å². The van der Waals surface area contributed by atoms with Crippen molar-refractivity contribution in [3.05, 3.63) is 22.4 Å². The molecule has 0 aliphatic heterocycles. The van der Waals surface area contributed by atoms with E-state index < -0.39 is 18.6 Å². The molecular formula is C9H6BrF4NO2. The molecule has 0 aromatic heterocycles. The smallest absolute Gasteiger partial charge is 0.422 e. The van der Waals surface area contributed by atoms with Crippen LogP contribution in [-0.2, 0) is 4.79 Å². The van der Waals surface area contributed by atoms with Gasteiger partial charge in [0.1, 0.15) is 11.6 Å². The fourth-order valence-electron chi connectivity index (χ4n) is 0.984. The molecule has 0 spiro atoms. The van der Waals surface area contributed by atoms with Crippen molar-refractivity contribution in [3.63, 3.8) is 0 Å². The molecule has 1 N–H and O–H groups in total. The molecule has 0 fully saturated rings. The maximum Gasteiger partial charge on any atom is 0.422 e. The molecule has 94 valence electrons. The summed E-state index contributed by atoms with van der Waals surface area (Å²) in [6.45, 7) is -1.53. The van der Waals surface area contributed by atoms with E-state index in [0.29, 0.717) is 0 Å². The molecule has 3 nitrogen and oxygen atoms in total. The van der Waals surface area contributed by atoms with Gasteiger partial charge in [-0.2, -0.15) is 13.2 Å². The number of carbonyl (C=O) groups is 1. The molecule has 0 radical (unpaired) electrons. The summed E-state index contributed by atoms with van der Waals surface area (Å²) in [6.07, 6.45) is -4.30. The highest BCUT2D eigenvalue weighted by Gasteiger charge is 2.29. The quantitative estimate of drug-likeness (QED) is 0.685. The van der Waals surface area contributed by atoms with Crippen LogP contribution in [-0.4, -0.2) is 19.2 Å². The van der Waals surface area contributed by atoms with Gasteiger partial charge in [0.15, 0.2) is 6.61 Å². The summed E-state index contributed by atoms with van der Waals surface area (Å²) in [5.41, 5.74) is -0.176. The predicted molar refractivity (Wildman–Crippen MR) is 55.3 cm³/mol. The van der Waals surface area contributed by atoms with E-state index in [1.807, 2.05) is 5.32 Å². The lowest BCUT2D eigenvalue weighted by atomic mass is 10.3. The van der Waals surface area contributed by atoms with Crippen molar-refractivity contribution < 1.29 is 27.1 Å². The Morgan fingerprint density at radius 2 is 2.06 bits per heavy atom. The molecule has 0 atom stereocenters. The molecule has 0 saturated carbocycles. The largest absolute Gasteiger partial charge is 0.482 e. The van der Waals surface area contributed by atoms with Gasteiger partial charge in [-0.25, -0.2) is 4.39 Å². The first-order valence-corrected chi connectivity index (χ1v) is 5.01. The van der Waals surface area contributed by atoms with Crippen molar-refractivity contribution in [2.24, 2.45) is 0 Å². The Bertz CT molecular complexity index is 422. The van der Waals surface area contributed by atoms with Gasteiger partial charge in [-0.3, -0.25) is 4.79 Å². The molecule has 1 rings (SSSR count). The summed E-state index contributed by atoms with van der Waals surface area (Å²) < 4.78 is 53.3. The van der Waals surface area contributed by atoms with Gasteiger partial charge in [-0.1, -0.05) is 0 Å². The fourth-order valence-corrected chi connectivity index (χ4v) is 1.31. The van der Waals surface area contributed by atoms with Gasteiger partial charge in [0, 0.05) is 6.07 Å². The van der Waals surface area contributed by atoms with Crippen LogP contribution in [0.5, 0.6) is 5.75 Å². The van der Waals surface area contributed by atoms with Crippen LogP contribution in [0.2, 0.25) is 0 Å². The standard InChI is InChI=1S/C9H6BrF4NO2/c10-5-1-8(17-3-9(12,13)14)7(15-4-16)2-6(5)11/h1-2,4H,3H2,(H,15,16). The first kappa shape index (κ1) is 13.8. The predicted octanol–water partition coefficient (Wildman–Crippen LogP) is 3.10. The number of ether oxygens (including phenoxy) is 1. The Morgan fingerprint density at radius 1 is 1.41 bits per heavy atom. The summed E-state index contributed by atoms with van der Waals surface area (Å²) in [4.78, 5) is 10.2. The van der Waals surface area contributed by atoms with Gasteiger partial charge in [0.05, 0.1) is 10.2 Å². The van der Waals surface area contributed by atoms with E-state index in [9.17, 15) is 22.4 Å². The molecule has 1 aromatic carbocycles. The highest BCUT2D eigenvalue weighted by molar-refractivity contribution is 9.10. The number of anilines is 1. The molecule has 0 aliphatic rings. The lowest BCUT2D eigenvalue weighted by molar-refractivity contribution is -0.153. The molecular weight excluding hydrogens is 310 g/mol. The molecule has 0 saturated heterocycles. The molecule has 1 aromatic rings. The molecule has 0 heterocycles. The number of alkyl halides is 3. The minimum absolute atomic E-state index is 0.0638. The number of benzene rings is 1. The third-order valence-electron chi connectivity index (χ3n) is 1.63. The summed E-state index contributed by atoms with van der Waals surface area (Å²) in [7, 11) is 0. The van der Waals surface area contributed by atoms with Gasteiger partial charge in [0.2, 0.25) is 6.41 Å². The van der Waals surface area contributed by atoms with Crippen molar-refractivity contribution in [2.45, 2.75) is 6.18 Å². The number of rotatable bonds is 4. The SMILES string of the molecule is O=CNc1cc(F)c(Br)cc1OCC(F)(F)F. The first-order chi connectivity index (χ1) is 7.83. The Labute approximate surface area is 102 Å². The van der Waals surface area contributed by atoms with Crippen LogP contribution in [0.3, 0.4) is 0 Å². The van der Waals surface area contributed by atoms with Crippen LogP contribution < -0.4 is 10.1 Å². The zero-order valence-corrected chi connectivity index (χ0v) is 9.73. The lowest BCUT2D eigenvalue weighted by Gasteiger charge is -2.13. The minimum Gasteiger partial charge on any atom is -0.482 e. The van der Waals surface area contributed by atoms with Gasteiger partial charge >= 0.3 is 6.18 Å². The second-order valence-electron chi connectivity index (χ2n) is 2.93. The van der Waals surface area contributed by atoms with E-state index in [1.54, 1.807) is 0 Å². The van der Waals surface area contributed by atoms with Crippen molar-refractivity contribution >= 4 is 28.0 Å². The third-order valence-corrected chi connectivity index (χ3v) is 2.24. The van der Waals surface area contributed by atoms with E-state index >= 15 is 0 Å². The van der Waals surface area contributed by atoms with E-state index in [-0.39, 0.29) is 22.3 Å². The second kappa shape index (κ2) is 5.35. The second-order valence-corrected chi connectivity index (χ2v) is 3.78. The first-order valence-electron chi connectivity index (χ1n) is 4.22. The topological polar surface area (TPSA) is 38.3 Å². The summed E-state index contributed by atoms with van der Waals surface area (Å²) in [5.74, 6) is -1.00. The zero-order valence-electron chi connectivity index (χ0n) is 8.15. The highest BCUT2D eigenvalue weighted by atomic mass is 79.9. The Morgan fingerprint density at radius 3 is 2.59 bits per heavy atom. The maximum atomic E-state index is 13.1. The summed E-state index contributed by atoms with van der Waals surface area (Å²) >= 11 is 2.80. The molecule has 0 unspecified atom stereocenters. The van der Waals surface area contributed by atoms with E-state index in [0.717, 1.165) is 12.1 Å². The number of amides is 1. The van der Waals surface area contributed by atoms with Crippen LogP contribution in [0.15, 0.2) is 16.6 Å². The van der Waals surface area contributed by atoms with Crippen molar-refractivity contribution in [2.75, 3.05) is 11.9 Å². The van der Waals surface area contributed by atoms with E-state index in [1.165, 1.54) is 0 Å². The van der Waals surface area contributed by atoms with Crippen molar-refractivity contribution in [1.82, 2.24) is 0 Å². The molecule has 0 aliphatic carbocycles. The van der Waals surface area contributed by atoms with E-state index in [2.05, 4.69) is 20.7 Å². The molecule has 1 amide bonds. The number of hydrogen-bond donors (Lipinski definition) is 1.